The van der Waals surface area contributed by atoms with E-state index in [9.17, 15) is 19.2 Å². The molecule has 2 rings (SSSR count). The molecule has 2 aromatic carbocycles. The van der Waals surface area contributed by atoms with E-state index in [0.29, 0.717) is 29.0 Å². The van der Waals surface area contributed by atoms with E-state index in [0.717, 1.165) is 5.56 Å². The van der Waals surface area contributed by atoms with Gasteiger partial charge in [0.05, 0.1) is 6.04 Å². The van der Waals surface area contributed by atoms with Gasteiger partial charge in [0.1, 0.15) is 0 Å². The summed E-state index contributed by atoms with van der Waals surface area (Å²) in [5.74, 6) is -1.00. The Hall–Kier alpha value is -3.68. The molecule has 0 aliphatic carbocycles. The lowest BCUT2D eigenvalue weighted by atomic mass is 10.1. The molecule has 0 bridgehead atoms. The summed E-state index contributed by atoms with van der Waals surface area (Å²) >= 11 is 0. The molecule has 8 heteroatoms. The minimum atomic E-state index is -0.357. The maximum atomic E-state index is 12.8. The van der Waals surface area contributed by atoms with Crippen LogP contribution in [0.2, 0.25) is 0 Å². The predicted molar refractivity (Wildman–Crippen MR) is 116 cm³/mol. The van der Waals surface area contributed by atoms with Crippen molar-refractivity contribution in [1.29, 1.82) is 0 Å². The van der Waals surface area contributed by atoms with Gasteiger partial charge in [-0.2, -0.15) is 0 Å². The monoisotopic (exact) mass is 410 g/mol. The first kappa shape index (κ1) is 22.6. The van der Waals surface area contributed by atoms with Gasteiger partial charge in [0.25, 0.3) is 5.91 Å². The third kappa shape index (κ3) is 6.73. The number of carbonyl (C=O) groups excluding carboxylic acids is 4. The van der Waals surface area contributed by atoms with Crippen LogP contribution in [0.15, 0.2) is 42.5 Å². The van der Waals surface area contributed by atoms with Crippen molar-refractivity contribution in [3.63, 3.8) is 0 Å². The number of rotatable bonds is 7. The molecule has 0 aromatic heterocycles. The Labute approximate surface area is 175 Å². The van der Waals surface area contributed by atoms with Crippen LogP contribution in [0.1, 0.15) is 56.1 Å². The lowest BCUT2D eigenvalue weighted by molar-refractivity contribution is -0.116. The van der Waals surface area contributed by atoms with Crippen molar-refractivity contribution < 1.29 is 19.2 Å². The molecule has 0 saturated carbocycles. The Morgan fingerprint density at radius 3 is 1.80 bits per heavy atom. The molecule has 0 heterocycles. The minimum absolute atomic E-state index is 0.0712. The zero-order chi connectivity index (χ0) is 22.3. The number of carbonyl (C=O) groups is 4. The fourth-order valence-electron chi connectivity index (χ4n) is 2.78. The highest BCUT2D eigenvalue weighted by molar-refractivity contribution is 6.00. The van der Waals surface area contributed by atoms with Gasteiger partial charge in [-0.3, -0.25) is 19.2 Å². The summed E-state index contributed by atoms with van der Waals surface area (Å²) in [5.41, 5.74) is 2.65. The number of anilines is 3. The van der Waals surface area contributed by atoms with Crippen molar-refractivity contribution in [2.75, 3.05) is 16.0 Å². The number of amides is 4. The highest BCUT2D eigenvalue weighted by Crippen LogP contribution is 2.21. The van der Waals surface area contributed by atoms with Crippen molar-refractivity contribution in [3.8, 4) is 0 Å². The van der Waals surface area contributed by atoms with E-state index in [1.165, 1.54) is 26.0 Å². The Morgan fingerprint density at radius 2 is 1.33 bits per heavy atom. The highest BCUT2D eigenvalue weighted by atomic mass is 16.2. The normalized spacial score (nSPS) is 11.2. The molecule has 158 valence electrons. The molecule has 0 aliphatic heterocycles. The van der Waals surface area contributed by atoms with Crippen LogP contribution < -0.4 is 21.3 Å². The van der Waals surface area contributed by atoms with Crippen LogP contribution in [0, 0.1) is 0 Å². The summed E-state index contributed by atoms with van der Waals surface area (Å²) in [6, 6.07) is 11.6. The number of benzene rings is 2. The Balaban J connectivity index is 2.16. The molecular weight excluding hydrogens is 384 g/mol. The third-order valence-corrected chi connectivity index (χ3v) is 4.20. The van der Waals surface area contributed by atoms with E-state index in [2.05, 4.69) is 21.3 Å². The van der Waals surface area contributed by atoms with Crippen molar-refractivity contribution in [2.45, 2.75) is 40.2 Å². The van der Waals surface area contributed by atoms with Crippen LogP contribution in [-0.4, -0.2) is 23.6 Å². The third-order valence-electron chi connectivity index (χ3n) is 4.20. The van der Waals surface area contributed by atoms with Gasteiger partial charge < -0.3 is 21.3 Å². The molecule has 4 amide bonds. The van der Waals surface area contributed by atoms with Gasteiger partial charge in [-0.1, -0.05) is 19.1 Å². The van der Waals surface area contributed by atoms with Gasteiger partial charge in [-0.25, -0.2) is 0 Å². The molecule has 0 radical (unpaired) electrons. The van der Waals surface area contributed by atoms with Crippen molar-refractivity contribution >= 4 is 40.7 Å². The summed E-state index contributed by atoms with van der Waals surface area (Å²) < 4.78 is 0. The van der Waals surface area contributed by atoms with E-state index >= 15 is 0 Å². The molecule has 1 unspecified atom stereocenters. The number of hydrogen-bond donors (Lipinski definition) is 4. The van der Waals surface area contributed by atoms with Gasteiger partial charge in [-0.15, -0.1) is 0 Å². The van der Waals surface area contributed by atoms with E-state index in [4.69, 9.17) is 0 Å². The van der Waals surface area contributed by atoms with Crippen LogP contribution in [0.5, 0.6) is 0 Å². The lowest BCUT2D eigenvalue weighted by Crippen LogP contribution is -2.27. The second-order valence-electron chi connectivity index (χ2n) is 6.88. The predicted octanol–water partition coefficient (Wildman–Crippen LogP) is 3.44. The topological polar surface area (TPSA) is 116 Å². The first-order chi connectivity index (χ1) is 14.2. The molecule has 8 nitrogen and oxygen atoms in total. The highest BCUT2D eigenvalue weighted by Gasteiger charge is 2.14. The Morgan fingerprint density at radius 1 is 0.800 bits per heavy atom. The fraction of sp³-hybridized carbons (Fsp3) is 0.273. The SMILES string of the molecule is CCC(=O)Nc1ccc(C(C)NC(=O)c2cc(NC(C)=O)cc(NC(C)=O)c2)cc1. The van der Waals surface area contributed by atoms with Crippen molar-refractivity contribution in [1.82, 2.24) is 5.32 Å². The molecule has 4 N–H and O–H groups in total. The van der Waals surface area contributed by atoms with E-state index in [1.807, 2.05) is 19.1 Å². The smallest absolute Gasteiger partial charge is 0.251 e. The largest absolute Gasteiger partial charge is 0.346 e. The molecule has 0 aliphatic rings. The quantitative estimate of drug-likeness (QED) is 0.559. The van der Waals surface area contributed by atoms with Gasteiger partial charge in [0, 0.05) is 42.9 Å². The Bertz CT molecular complexity index is 920. The van der Waals surface area contributed by atoms with Crippen molar-refractivity contribution in [2.24, 2.45) is 0 Å². The second kappa shape index (κ2) is 10.2. The van der Waals surface area contributed by atoms with Gasteiger partial charge in [0.15, 0.2) is 0 Å². The van der Waals surface area contributed by atoms with Crippen LogP contribution in [0.25, 0.3) is 0 Å². The molecule has 0 spiro atoms. The zero-order valence-electron chi connectivity index (χ0n) is 17.5. The lowest BCUT2D eigenvalue weighted by Gasteiger charge is -2.16. The summed E-state index contributed by atoms with van der Waals surface area (Å²) in [4.78, 5) is 47.0. The summed E-state index contributed by atoms with van der Waals surface area (Å²) in [7, 11) is 0. The number of nitrogens with one attached hydrogen (secondary N) is 4. The van der Waals surface area contributed by atoms with Gasteiger partial charge in [-0.05, 0) is 42.8 Å². The molecule has 0 fully saturated rings. The molecular formula is C22H26N4O4. The first-order valence-corrected chi connectivity index (χ1v) is 9.59. The maximum Gasteiger partial charge on any atom is 0.251 e. The molecule has 0 saturated heterocycles. The number of hydrogen-bond acceptors (Lipinski definition) is 4. The second-order valence-corrected chi connectivity index (χ2v) is 6.88. The summed E-state index contributed by atoms with van der Waals surface area (Å²) in [5, 5.41) is 10.9. The minimum Gasteiger partial charge on any atom is -0.346 e. The average Bonchev–Trinajstić information content (AvgIpc) is 2.67. The van der Waals surface area contributed by atoms with Crippen LogP contribution in [-0.2, 0) is 14.4 Å². The van der Waals surface area contributed by atoms with Gasteiger partial charge in [0.2, 0.25) is 17.7 Å². The standard InChI is InChI=1S/C22H26N4O4/c1-5-21(29)26-18-8-6-16(7-9-18)13(2)23-22(30)17-10-19(24-14(3)27)12-20(11-17)25-15(4)28/h6-13H,5H2,1-4H3,(H,23,30)(H,24,27)(H,25,28)(H,26,29). The Kier molecular flexibility index (Phi) is 7.69. The molecule has 1 atom stereocenters. The maximum absolute atomic E-state index is 12.8. The van der Waals surface area contributed by atoms with Crippen molar-refractivity contribution in [3.05, 3.63) is 53.6 Å². The van der Waals surface area contributed by atoms with Gasteiger partial charge >= 0.3 is 0 Å². The average molecular weight is 410 g/mol. The van der Waals surface area contributed by atoms with Crippen LogP contribution in [0.4, 0.5) is 17.1 Å². The summed E-state index contributed by atoms with van der Waals surface area (Å²) in [6.07, 6.45) is 0.395. The van der Waals surface area contributed by atoms with E-state index in [1.54, 1.807) is 25.1 Å². The molecule has 30 heavy (non-hydrogen) atoms. The van der Waals surface area contributed by atoms with E-state index < -0.39 is 0 Å². The van der Waals surface area contributed by atoms with E-state index in [-0.39, 0.29) is 29.7 Å². The molecule has 2 aromatic rings. The van der Waals surface area contributed by atoms with Crippen LogP contribution >= 0.6 is 0 Å². The fourth-order valence-corrected chi connectivity index (χ4v) is 2.78. The summed E-state index contributed by atoms with van der Waals surface area (Å²) in [6.45, 7) is 6.34. The van der Waals surface area contributed by atoms with Crippen LogP contribution in [0.3, 0.4) is 0 Å². The first-order valence-electron chi connectivity index (χ1n) is 9.59. The zero-order valence-corrected chi connectivity index (χ0v) is 17.5.